The third kappa shape index (κ3) is 5.51. The number of carbonyl (C=O) groups is 1. The van der Waals surface area contributed by atoms with Gasteiger partial charge in [-0.25, -0.2) is 0 Å². The van der Waals surface area contributed by atoms with Crippen molar-refractivity contribution < 1.29 is 14.3 Å². The second kappa shape index (κ2) is 8.77. The Labute approximate surface area is 162 Å². The highest BCUT2D eigenvalue weighted by Crippen LogP contribution is 2.28. The lowest BCUT2D eigenvalue weighted by atomic mass is 9.95. The quantitative estimate of drug-likeness (QED) is 0.730. The summed E-state index contributed by atoms with van der Waals surface area (Å²) in [6.45, 7) is 1.97. The zero-order valence-corrected chi connectivity index (χ0v) is 16.1. The van der Waals surface area contributed by atoms with Crippen LogP contribution in [0.15, 0.2) is 42.5 Å². The average Bonchev–Trinajstić information content (AvgIpc) is 2.59. The van der Waals surface area contributed by atoms with Crippen LogP contribution in [0.5, 0.6) is 5.75 Å². The summed E-state index contributed by atoms with van der Waals surface area (Å²) in [4.78, 5) is 12.1. The fourth-order valence-electron chi connectivity index (χ4n) is 2.16. The minimum absolute atomic E-state index is 0.170. The molecule has 0 radical (unpaired) electrons. The van der Waals surface area contributed by atoms with Crippen LogP contribution in [-0.2, 0) is 15.1 Å². The van der Waals surface area contributed by atoms with Crippen molar-refractivity contribution in [3.8, 4) is 5.75 Å². The molecule has 7 heteroatoms. The number of hydrogen-bond donors (Lipinski definition) is 1. The Morgan fingerprint density at radius 1 is 1.12 bits per heavy atom. The molecular weight excluding hydrogens is 385 g/mol. The molecule has 0 aliphatic rings. The Morgan fingerprint density at radius 2 is 1.84 bits per heavy atom. The molecule has 134 valence electrons. The van der Waals surface area contributed by atoms with Gasteiger partial charge in [-0.05, 0) is 42.8 Å². The fourth-order valence-corrected chi connectivity index (χ4v) is 2.82. The van der Waals surface area contributed by atoms with E-state index in [1.807, 2.05) is 19.1 Å². The SMILES string of the molecule is COC(C)(CNC(=O)COc1ccc(Cl)cc1Cl)c1cccc(Cl)c1. The molecule has 2 rings (SSSR count). The van der Waals surface area contributed by atoms with E-state index in [2.05, 4.69) is 5.32 Å². The van der Waals surface area contributed by atoms with Crippen LogP contribution in [0.2, 0.25) is 15.1 Å². The Morgan fingerprint density at radius 3 is 2.48 bits per heavy atom. The molecule has 0 aliphatic heterocycles. The van der Waals surface area contributed by atoms with E-state index < -0.39 is 5.60 Å². The molecule has 4 nitrogen and oxygen atoms in total. The summed E-state index contributed by atoms with van der Waals surface area (Å²) in [5.41, 5.74) is 0.155. The maximum absolute atomic E-state index is 12.1. The largest absolute Gasteiger partial charge is 0.482 e. The predicted molar refractivity (Wildman–Crippen MR) is 101 cm³/mol. The maximum atomic E-state index is 12.1. The van der Waals surface area contributed by atoms with Gasteiger partial charge in [0, 0.05) is 17.2 Å². The van der Waals surface area contributed by atoms with Gasteiger partial charge in [-0.1, -0.05) is 46.9 Å². The van der Waals surface area contributed by atoms with Crippen molar-refractivity contribution in [3.05, 3.63) is 63.1 Å². The molecule has 0 spiro atoms. The van der Waals surface area contributed by atoms with Gasteiger partial charge in [0.25, 0.3) is 5.91 Å². The van der Waals surface area contributed by atoms with Crippen LogP contribution in [0.1, 0.15) is 12.5 Å². The third-order valence-electron chi connectivity index (χ3n) is 3.76. The van der Waals surface area contributed by atoms with Crippen LogP contribution in [0.3, 0.4) is 0 Å². The number of rotatable bonds is 7. The monoisotopic (exact) mass is 401 g/mol. The zero-order chi connectivity index (χ0) is 18.4. The predicted octanol–water partition coefficient (Wildman–Crippen LogP) is 4.70. The maximum Gasteiger partial charge on any atom is 0.258 e. The van der Waals surface area contributed by atoms with Crippen LogP contribution < -0.4 is 10.1 Å². The number of hydrogen-bond acceptors (Lipinski definition) is 3. The summed E-state index contributed by atoms with van der Waals surface area (Å²) in [6.07, 6.45) is 0. The van der Waals surface area contributed by atoms with Gasteiger partial charge < -0.3 is 14.8 Å². The zero-order valence-electron chi connectivity index (χ0n) is 13.8. The van der Waals surface area contributed by atoms with E-state index in [1.165, 1.54) is 0 Å². The lowest BCUT2D eigenvalue weighted by molar-refractivity contribution is -0.124. The minimum atomic E-state index is -0.710. The molecule has 25 heavy (non-hydrogen) atoms. The summed E-state index contributed by atoms with van der Waals surface area (Å²) in [5, 5.41) is 4.24. The van der Waals surface area contributed by atoms with Gasteiger partial charge >= 0.3 is 0 Å². The summed E-state index contributed by atoms with van der Waals surface area (Å²) >= 11 is 17.9. The average molecular weight is 403 g/mol. The number of ether oxygens (including phenoxy) is 2. The molecule has 0 heterocycles. The summed E-state index contributed by atoms with van der Waals surface area (Å²) in [6, 6.07) is 12.1. The second-order valence-electron chi connectivity index (χ2n) is 5.59. The molecule has 0 bridgehead atoms. The summed E-state index contributed by atoms with van der Waals surface area (Å²) < 4.78 is 11.0. The standard InChI is InChI=1S/C18H18Cl3NO3/c1-18(24-2,12-4-3-5-13(19)8-12)11-22-17(23)10-25-16-7-6-14(20)9-15(16)21/h3-9H,10-11H2,1-2H3,(H,22,23). The van der Waals surface area contributed by atoms with Gasteiger partial charge in [0.1, 0.15) is 11.4 Å². The van der Waals surface area contributed by atoms with E-state index in [-0.39, 0.29) is 19.1 Å². The first-order valence-corrected chi connectivity index (χ1v) is 8.63. The first kappa shape index (κ1) is 19.9. The van der Waals surface area contributed by atoms with E-state index in [0.29, 0.717) is 20.8 Å². The van der Waals surface area contributed by atoms with Crippen molar-refractivity contribution in [2.24, 2.45) is 0 Å². The molecule has 0 aromatic heterocycles. The van der Waals surface area contributed by atoms with Crippen molar-refractivity contribution in [3.63, 3.8) is 0 Å². The molecule has 1 amide bonds. The second-order valence-corrected chi connectivity index (χ2v) is 6.87. The first-order valence-electron chi connectivity index (χ1n) is 7.50. The van der Waals surface area contributed by atoms with Gasteiger partial charge in [0.05, 0.1) is 11.6 Å². The minimum Gasteiger partial charge on any atom is -0.482 e. The normalized spacial score (nSPS) is 13.2. The molecule has 0 aliphatic carbocycles. The van der Waals surface area contributed by atoms with Gasteiger partial charge in [-0.15, -0.1) is 0 Å². The molecule has 1 unspecified atom stereocenters. The van der Waals surface area contributed by atoms with E-state index in [9.17, 15) is 4.79 Å². The van der Waals surface area contributed by atoms with Crippen molar-refractivity contribution in [2.45, 2.75) is 12.5 Å². The Hall–Kier alpha value is -1.46. The molecule has 2 aromatic carbocycles. The third-order valence-corrected chi connectivity index (χ3v) is 4.53. The van der Waals surface area contributed by atoms with Gasteiger partial charge in [-0.2, -0.15) is 0 Å². The highest BCUT2D eigenvalue weighted by atomic mass is 35.5. The lowest BCUT2D eigenvalue weighted by Crippen LogP contribution is -2.41. The Bertz CT molecular complexity index is 754. The highest BCUT2D eigenvalue weighted by molar-refractivity contribution is 6.35. The van der Waals surface area contributed by atoms with Crippen LogP contribution in [0, 0.1) is 0 Å². The summed E-state index contributed by atoms with van der Waals surface area (Å²) in [5.74, 6) is 0.0990. The van der Waals surface area contributed by atoms with Crippen LogP contribution in [-0.4, -0.2) is 26.2 Å². The van der Waals surface area contributed by atoms with Crippen molar-refractivity contribution in [2.75, 3.05) is 20.3 Å². The summed E-state index contributed by atoms with van der Waals surface area (Å²) in [7, 11) is 1.58. The number of carbonyl (C=O) groups excluding carboxylic acids is 1. The molecular formula is C18H18Cl3NO3. The molecule has 0 saturated heterocycles. The van der Waals surface area contributed by atoms with E-state index >= 15 is 0 Å². The fraction of sp³-hybridized carbons (Fsp3) is 0.278. The van der Waals surface area contributed by atoms with E-state index in [1.54, 1.807) is 37.4 Å². The van der Waals surface area contributed by atoms with Gasteiger partial charge in [-0.3, -0.25) is 4.79 Å². The molecule has 1 N–H and O–H groups in total. The highest BCUT2D eigenvalue weighted by Gasteiger charge is 2.27. The van der Waals surface area contributed by atoms with E-state index in [0.717, 1.165) is 5.56 Å². The number of methoxy groups -OCH3 is 1. The molecule has 2 aromatic rings. The van der Waals surface area contributed by atoms with Crippen molar-refractivity contribution in [1.29, 1.82) is 0 Å². The van der Waals surface area contributed by atoms with Crippen LogP contribution in [0.25, 0.3) is 0 Å². The van der Waals surface area contributed by atoms with E-state index in [4.69, 9.17) is 44.3 Å². The number of benzene rings is 2. The first-order chi connectivity index (χ1) is 11.8. The van der Waals surface area contributed by atoms with Crippen molar-refractivity contribution >= 4 is 40.7 Å². The number of nitrogens with one attached hydrogen (secondary N) is 1. The number of amides is 1. The topological polar surface area (TPSA) is 47.6 Å². The molecule has 1 atom stereocenters. The molecule has 0 fully saturated rings. The number of halogens is 3. The smallest absolute Gasteiger partial charge is 0.258 e. The Balaban J connectivity index is 1.93. The van der Waals surface area contributed by atoms with Crippen molar-refractivity contribution in [1.82, 2.24) is 5.32 Å². The lowest BCUT2D eigenvalue weighted by Gasteiger charge is -2.29. The van der Waals surface area contributed by atoms with Crippen LogP contribution >= 0.6 is 34.8 Å². The van der Waals surface area contributed by atoms with Gasteiger partial charge in [0.15, 0.2) is 6.61 Å². The molecule has 0 saturated carbocycles. The van der Waals surface area contributed by atoms with Gasteiger partial charge in [0.2, 0.25) is 0 Å². The van der Waals surface area contributed by atoms with Crippen LogP contribution in [0.4, 0.5) is 0 Å². The Kier molecular flexibility index (Phi) is 6.96.